The molecule has 1 saturated heterocycles. The number of likely N-dealkylation sites (N-methyl/N-ethyl adjacent to an activating group) is 2. The van der Waals surface area contributed by atoms with Crippen LogP contribution < -0.4 is 4.74 Å². The van der Waals surface area contributed by atoms with Gasteiger partial charge in [0, 0.05) is 26.2 Å². The summed E-state index contributed by atoms with van der Waals surface area (Å²) in [6.07, 6.45) is 1.53. The van der Waals surface area contributed by atoms with Crippen molar-refractivity contribution in [3.63, 3.8) is 0 Å². The summed E-state index contributed by atoms with van der Waals surface area (Å²) in [7, 11) is 3.06. The number of nitro benzene ring substituents is 1. The molecule has 10 heteroatoms. The average molecular weight is 537 g/mol. The first kappa shape index (κ1) is 21.8. The Kier molecular flexibility index (Phi) is 6.46. The van der Waals surface area contributed by atoms with Gasteiger partial charge in [0.2, 0.25) is 0 Å². The van der Waals surface area contributed by atoms with E-state index in [0.29, 0.717) is 11.3 Å². The number of amides is 2. The first-order chi connectivity index (χ1) is 14.2. The number of nitro groups is 1. The second kappa shape index (κ2) is 8.88. The number of rotatable bonds is 5. The smallest absolute Gasteiger partial charge is 0.269 e. The Morgan fingerprint density at radius 3 is 2.23 bits per heavy atom. The number of hydrogen-bond donors (Lipinski definition) is 0. The van der Waals surface area contributed by atoms with Gasteiger partial charge in [0.15, 0.2) is 5.11 Å². The number of non-ortho nitro benzene ring substituents is 1. The van der Waals surface area contributed by atoms with Gasteiger partial charge in [-0.3, -0.25) is 29.5 Å². The molecular formula is C20H16IN3O5S. The Hall–Kier alpha value is -2.86. The van der Waals surface area contributed by atoms with Crippen molar-refractivity contribution in [3.05, 3.63) is 72.8 Å². The van der Waals surface area contributed by atoms with Crippen LogP contribution in [0.1, 0.15) is 11.1 Å². The van der Waals surface area contributed by atoms with Crippen molar-refractivity contribution < 1.29 is 19.2 Å². The summed E-state index contributed by atoms with van der Waals surface area (Å²) in [6, 6.07) is 11.4. The summed E-state index contributed by atoms with van der Waals surface area (Å²) in [4.78, 5) is 37.6. The first-order valence-corrected chi connectivity index (χ1v) is 10.1. The third-order valence-corrected chi connectivity index (χ3v) is 5.84. The van der Waals surface area contributed by atoms with Crippen LogP contribution in [0, 0.1) is 13.7 Å². The number of thiocarbonyl (C=S) groups is 1. The van der Waals surface area contributed by atoms with E-state index in [1.54, 1.807) is 30.3 Å². The Balaban J connectivity index is 1.75. The van der Waals surface area contributed by atoms with Crippen LogP contribution in [0.5, 0.6) is 5.75 Å². The van der Waals surface area contributed by atoms with Crippen molar-refractivity contribution in [1.82, 2.24) is 9.80 Å². The third kappa shape index (κ3) is 4.49. The van der Waals surface area contributed by atoms with Crippen LogP contribution in [0.15, 0.2) is 48.0 Å². The molecule has 0 bridgehead atoms. The predicted octanol–water partition coefficient (Wildman–Crippen LogP) is 3.38. The molecule has 0 aliphatic carbocycles. The van der Waals surface area contributed by atoms with Gasteiger partial charge in [0.05, 0.1) is 8.49 Å². The van der Waals surface area contributed by atoms with Gasteiger partial charge in [-0.25, -0.2) is 0 Å². The van der Waals surface area contributed by atoms with Gasteiger partial charge in [-0.15, -0.1) is 0 Å². The molecule has 1 fully saturated rings. The van der Waals surface area contributed by atoms with Crippen molar-refractivity contribution in [3.8, 4) is 5.75 Å². The van der Waals surface area contributed by atoms with Crippen LogP contribution in [0.25, 0.3) is 6.08 Å². The zero-order valence-corrected chi connectivity index (χ0v) is 19.0. The normalized spacial score (nSPS) is 14.2. The lowest BCUT2D eigenvalue weighted by Crippen LogP contribution is -2.52. The molecule has 0 aromatic heterocycles. The van der Waals surface area contributed by atoms with Crippen molar-refractivity contribution in [2.24, 2.45) is 0 Å². The lowest BCUT2D eigenvalue weighted by molar-refractivity contribution is -0.384. The summed E-state index contributed by atoms with van der Waals surface area (Å²) in [5, 5.41) is 10.9. The largest absolute Gasteiger partial charge is 0.488 e. The molecule has 0 radical (unpaired) electrons. The molecule has 0 unspecified atom stereocenters. The molecule has 2 aromatic carbocycles. The Bertz CT molecular complexity index is 1060. The standard InChI is InChI=1S/C20H16IN3O5S/c1-22-18(25)15(19(26)23(2)20(22)30)9-13-5-8-17(16(21)10-13)29-11-12-3-6-14(7-4-12)24(27)28/h3-10H,11H2,1-2H3. The fourth-order valence-corrected chi connectivity index (χ4v) is 3.60. The van der Waals surface area contributed by atoms with Gasteiger partial charge in [-0.05, 0) is 76.3 Å². The highest BCUT2D eigenvalue weighted by Crippen LogP contribution is 2.26. The summed E-state index contributed by atoms with van der Waals surface area (Å²) >= 11 is 7.19. The highest BCUT2D eigenvalue weighted by molar-refractivity contribution is 14.1. The molecule has 0 saturated carbocycles. The van der Waals surface area contributed by atoms with E-state index >= 15 is 0 Å². The van der Waals surface area contributed by atoms with E-state index < -0.39 is 16.7 Å². The van der Waals surface area contributed by atoms with Gasteiger partial charge >= 0.3 is 0 Å². The number of ether oxygens (including phenoxy) is 1. The molecule has 3 rings (SSSR count). The highest BCUT2D eigenvalue weighted by atomic mass is 127. The topological polar surface area (TPSA) is 93.0 Å². The van der Waals surface area contributed by atoms with Crippen LogP contribution in [0.2, 0.25) is 0 Å². The van der Waals surface area contributed by atoms with Gasteiger partial charge in [0.1, 0.15) is 17.9 Å². The molecule has 1 aliphatic rings. The van der Waals surface area contributed by atoms with Crippen molar-refractivity contribution >= 4 is 63.5 Å². The molecule has 30 heavy (non-hydrogen) atoms. The zero-order chi connectivity index (χ0) is 22.0. The number of carbonyl (C=O) groups excluding carboxylic acids is 2. The third-order valence-electron chi connectivity index (χ3n) is 4.45. The summed E-state index contributed by atoms with van der Waals surface area (Å²) in [5.41, 5.74) is 1.52. The monoisotopic (exact) mass is 537 g/mol. The summed E-state index contributed by atoms with van der Waals surface area (Å²) < 4.78 is 6.58. The molecule has 1 aliphatic heterocycles. The quantitative estimate of drug-likeness (QED) is 0.145. The molecule has 0 N–H and O–H groups in total. The van der Waals surface area contributed by atoms with E-state index in [0.717, 1.165) is 9.13 Å². The average Bonchev–Trinajstić information content (AvgIpc) is 2.73. The Morgan fingerprint density at radius 1 is 1.10 bits per heavy atom. The van der Waals surface area contributed by atoms with Crippen molar-refractivity contribution in [1.29, 1.82) is 0 Å². The SMILES string of the molecule is CN1C(=O)C(=Cc2ccc(OCc3ccc([N+](=O)[O-])cc3)c(I)c2)C(=O)N(C)C1=S. The molecule has 2 amide bonds. The lowest BCUT2D eigenvalue weighted by atomic mass is 10.1. The maximum atomic E-state index is 12.4. The van der Waals surface area contributed by atoms with Crippen LogP contribution in [-0.4, -0.2) is 45.7 Å². The van der Waals surface area contributed by atoms with E-state index in [-0.39, 0.29) is 23.0 Å². The minimum Gasteiger partial charge on any atom is -0.488 e. The van der Waals surface area contributed by atoms with Crippen LogP contribution in [0.3, 0.4) is 0 Å². The molecule has 1 heterocycles. The molecule has 0 atom stereocenters. The molecule has 0 spiro atoms. The fourth-order valence-electron chi connectivity index (χ4n) is 2.74. The first-order valence-electron chi connectivity index (χ1n) is 8.66. The van der Waals surface area contributed by atoms with Gasteiger partial charge in [-0.1, -0.05) is 6.07 Å². The van der Waals surface area contributed by atoms with Crippen molar-refractivity contribution in [2.75, 3.05) is 14.1 Å². The lowest BCUT2D eigenvalue weighted by Gasteiger charge is -2.31. The fraction of sp³-hybridized carbons (Fsp3) is 0.150. The summed E-state index contributed by atoms with van der Waals surface area (Å²) in [6.45, 7) is 0.248. The maximum Gasteiger partial charge on any atom is 0.269 e. The minimum atomic E-state index is -0.453. The van der Waals surface area contributed by atoms with E-state index in [2.05, 4.69) is 22.6 Å². The number of nitrogens with zero attached hydrogens (tertiary/aromatic N) is 3. The van der Waals surface area contributed by atoms with Gasteiger partial charge in [-0.2, -0.15) is 0 Å². The minimum absolute atomic E-state index is 0.0228. The number of benzene rings is 2. The van der Waals surface area contributed by atoms with Gasteiger partial charge in [0.25, 0.3) is 17.5 Å². The van der Waals surface area contributed by atoms with E-state index in [9.17, 15) is 19.7 Å². The molecular weight excluding hydrogens is 521 g/mol. The molecule has 8 nitrogen and oxygen atoms in total. The van der Waals surface area contributed by atoms with Crippen LogP contribution in [-0.2, 0) is 16.2 Å². The van der Waals surface area contributed by atoms with E-state index in [1.807, 2.05) is 0 Å². The van der Waals surface area contributed by atoms with Crippen molar-refractivity contribution in [2.45, 2.75) is 6.61 Å². The molecule has 154 valence electrons. The number of hydrogen-bond acceptors (Lipinski definition) is 6. The van der Waals surface area contributed by atoms with E-state index in [1.165, 1.54) is 42.1 Å². The zero-order valence-electron chi connectivity index (χ0n) is 16.0. The second-order valence-corrected chi connectivity index (χ2v) is 8.00. The Morgan fingerprint density at radius 2 is 1.70 bits per heavy atom. The predicted molar refractivity (Wildman–Crippen MR) is 123 cm³/mol. The van der Waals surface area contributed by atoms with Crippen LogP contribution in [0.4, 0.5) is 5.69 Å². The number of carbonyl (C=O) groups is 2. The number of halogens is 1. The highest BCUT2D eigenvalue weighted by Gasteiger charge is 2.35. The maximum absolute atomic E-state index is 12.4. The molecule has 2 aromatic rings. The van der Waals surface area contributed by atoms with Gasteiger partial charge < -0.3 is 4.74 Å². The summed E-state index contributed by atoms with van der Waals surface area (Å²) in [5.74, 6) is -0.277. The Labute approximate surface area is 191 Å². The second-order valence-electron chi connectivity index (χ2n) is 6.47. The van der Waals surface area contributed by atoms with E-state index in [4.69, 9.17) is 17.0 Å². The van der Waals surface area contributed by atoms with Crippen LogP contribution >= 0.6 is 34.8 Å².